The Morgan fingerprint density at radius 3 is 2.21 bits per heavy atom. The molecule has 3 aromatic rings. The van der Waals surface area contributed by atoms with E-state index in [0.29, 0.717) is 0 Å². The van der Waals surface area contributed by atoms with Crippen LogP contribution < -0.4 is 0 Å². The Kier molecular flexibility index (Phi) is 7.48. The fraction of sp³-hybridized carbons (Fsp3) is 0.556. The molecule has 1 fully saturated rings. The summed E-state index contributed by atoms with van der Waals surface area (Å²) in [7, 11) is 0. The van der Waals surface area contributed by atoms with E-state index in [1.165, 1.54) is 90.5 Å². The molecule has 0 N–H and O–H groups in total. The van der Waals surface area contributed by atoms with Crippen molar-refractivity contribution >= 4 is 32.1 Å². The quantitative estimate of drug-likeness (QED) is 0.300. The molecule has 0 amide bonds. The van der Waals surface area contributed by atoms with Crippen molar-refractivity contribution in [1.29, 1.82) is 0 Å². The van der Waals surface area contributed by atoms with E-state index in [9.17, 15) is 0 Å². The highest BCUT2D eigenvalue weighted by molar-refractivity contribution is 7.29. The van der Waals surface area contributed by atoms with Crippen molar-refractivity contribution < 1.29 is 0 Å². The van der Waals surface area contributed by atoms with Crippen molar-refractivity contribution in [3.63, 3.8) is 0 Å². The van der Waals surface area contributed by atoms with Gasteiger partial charge in [0.2, 0.25) is 0 Å². The Hall–Kier alpha value is -1.12. The average Bonchev–Trinajstić information content (AvgIpc) is 3.33. The van der Waals surface area contributed by atoms with Gasteiger partial charge >= 0.3 is 0 Å². The maximum Gasteiger partial charge on any atom is 0.0460 e. The molecule has 0 spiro atoms. The van der Waals surface area contributed by atoms with Crippen LogP contribution in [0.4, 0.5) is 0 Å². The van der Waals surface area contributed by atoms with Crippen LogP contribution in [-0.2, 0) is 6.42 Å². The molecule has 29 heavy (non-hydrogen) atoms. The number of fused-ring (bicyclic) bond motifs is 1. The van der Waals surface area contributed by atoms with Gasteiger partial charge in [-0.05, 0) is 73.6 Å². The van der Waals surface area contributed by atoms with Crippen molar-refractivity contribution in [2.24, 2.45) is 5.92 Å². The standard InChI is InChI=1S/C27H36S2/c1-3-5-6-7-8-9-24-18-26-27(28-24)19-25(29-26)23-16-14-22(15-17-23)21-12-10-20(4-2)11-13-21/h14-21H,3-13H2,1-2H3. The summed E-state index contributed by atoms with van der Waals surface area (Å²) in [6.45, 7) is 4.64. The molecule has 0 aliphatic heterocycles. The molecule has 2 heterocycles. The Balaban J connectivity index is 1.36. The predicted molar refractivity (Wildman–Crippen MR) is 133 cm³/mol. The topological polar surface area (TPSA) is 0 Å². The highest BCUT2D eigenvalue weighted by atomic mass is 32.1. The van der Waals surface area contributed by atoms with Gasteiger partial charge in [0.1, 0.15) is 0 Å². The Bertz CT molecular complexity index is 844. The molecular weight excluding hydrogens is 388 g/mol. The van der Waals surface area contributed by atoms with Crippen molar-refractivity contribution in [1.82, 2.24) is 0 Å². The zero-order valence-electron chi connectivity index (χ0n) is 18.2. The third kappa shape index (κ3) is 5.33. The Morgan fingerprint density at radius 1 is 0.793 bits per heavy atom. The van der Waals surface area contributed by atoms with E-state index in [0.717, 1.165) is 11.8 Å². The SMILES string of the molecule is CCCCCCCc1cc2sc(-c3ccc(C4CCC(CC)CC4)cc3)cc2s1. The molecule has 0 saturated heterocycles. The largest absolute Gasteiger partial charge is 0.139 e. The van der Waals surface area contributed by atoms with Crippen LogP contribution >= 0.6 is 22.7 Å². The fourth-order valence-electron chi connectivity index (χ4n) is 4.88. The van der Waals surface area contributed by atoms with Crippen molar-refractivity contribution in [2.45, 2.75) is 90.4 Å². The minimum absolute atomic E-state index is 0.790. The predicted octanol–water partition coefficient (Wildman–Crippen LogP) is 9.83. The van der Waals surface area contributed by atoms with E-state index in [2.05, 4.69) is 50.2 Å². The fourth-order valence-corrected chi connectivity index (χ4v) is 7.35. The molecule has 2 aromatic heterocycles. The van der Waals surface area contributed by atoms with Crippen LogP contribution in [0.5, 0.6) is 0 Å². The molecule has 1 aliphatic rings. The maximum absolute atomic E-state index is 2.45. The molecular formula is C27H36S2. The number of benzene rings is 1. The average molecular weight is 425 g/mol. The molecule has 1 saturated carbocycles. The molecule has 0 atom stereocenters. The molecule has 0 radical (unpaired) electrons. The lowest BCUT2D eigenvalue weighted by molar-refractivity contribution is 0.319. The summed E-state index contributed by atoms with van der Waals surface area (Å²) < 4.78 is 2.96. The molecule has 156 valence electrons. The second kappa shape index (κ2) is 10.3. The molecule has 0 nitrogen and oxygen atoms in total. The second-order valence-corrected chi connectivity index (χ2v) is 11.2. The van der Waals surface area contributed by atoms with Crippen LogP contribution in [0.3, 0.4) is 0 Å². The summed E-state index contributed by atoms with van der Waals surface area (Å²) in [4.78, 5) is 3.01. The van der Waals surface area contributed by atoms with Gasteiger partial charge in [0.15, 0.2) is 0 Å². The zero-order valence-corrected chi connectivity index (χ0v) is 19.8. The zero-order chi connectivity index (χ0) is 20.1. The first-order chi connectivity index (χ1) is 14.3. The van der Waals surface area contributed by atoms with E-state index in [1.54, 1.807) is 10.4 Å². The van der Waals surface area contributed by atoms with Crippen LogP contribution in [0.1, 0.15) is 94.4 Å². The molecule has 2 heteroatoms. The van der Waals surface area contributed by atoms with Crippen LogP contribution in [0.25, 0.3) is 19.8 Å². The van der Waals surface area contributed by atoms with Gasteiger partial charge in [-0.1, -0.05) is 70.2 Å². The summed E-state index contributed by atoms with van der Waals surface area (Å²) in [6.07, 6.45) is 15.1. The smallest absolute Gasteiger partial charge is 0.0460 e. The van der Waals surface area contributed by atoms with E-state index in [4.69, 9.17) is 0 Å². The summed E-state index contributed by atoms with van der Waals surface area (Å²) in [6, 6.07) is 14.4. The number of rotatable bonds is 9. The van der Waals surface area contributed by atoms with Gasteiger partial charge in [-0.2, -0.15) is 0 Å². The lowest BCUT2D eigenvalue weighted by Crippen LogP contribution is -2.12. The normalized spacial score (nSPS) is 19.8. The van der Waals surface area contributed by atoms with E-state index >= 15 is 0 Å². The first-order valence-electron chi connectivity index (χ1n) is 11.9. The van der Waals surface area contributed by atoms with Crippen LogP contribution in [0.15, 0.2) is 36.4 Å². The molecule has 0 unspecified atom stereocenters. The van der Waals surface area contributed by atoms with Gasteiger partial charge in [0.25, 0.3) is 0 Å². The molecule has 1 aliphatic carbocycles. The van der Waals surface area contributed by atoms with Gasteiger partial charge in [-0.15, -0.1) is 22.7 Å². The third-order valence-corrected chi connectivity index (χ3v) is 9.28. The van der Waals surface area contributed by atoms with Gasteiger partial charge in [-0.3, -0.25) is 0 Å². The molecule has 1 aromatic carbocycles. The highest BCUT2D eigenvalue weighted by Gasteiger charge is 2.21. The van der Waals surface area contributed by atoms with Gasteiger partial charge in [0.05, 0.1) is 0 Å². The minimum atomic E-state index is 0.790. The number of hydrogen-bond donors (Lipinski definition) is 0. The number of hydrogen-bond acceptors (Lipinski definition) is 2. The van der Waals surface area contributed by atoms with Crippen LogP contribution in [0, 0.1) is 5.92 Å². The van der Waals surface area contributed by atoms with Gasteiger partial charge in [-0.25, -0.2) is 0 Å². The maximum atomic E-state index is 2.45. The number of thiophene rings is 2. The Labute approximate surface area is 185 Å². The van der Waals surface area contributed by atoms with E-state index in [-0.39, 0.29) is 0 Å². The highest BCUT2D eigenvalue weighted by Crippen LogP contribution is 2.40. The van der Waals surface area contributed by atoms with Crippen molar-refractivity contribution in [2.75, 3.05) is 0 Å². The first kappa shape index (κ1) is 21.1. The summed E-state index contributed by atoms with van der Waals surface area (Å²) in [5.41, 5.74) is 2.96. The summed E-state index contributed by atoms with van der Waals surface area (Å²) in [5.74, 6) is 1.77. The van der Waals surface area contributed by atoms with E-state index in [1.807, 2.05) is 22.7 Å². The van der Waals surface area contributed by atoms with Gasteiger partial charge < -0.3 is 0 Å². The lowest BCUT2D eigenvalue weighted by Gasteiger charge is -2.28. The molecule has 4 rings (SSSR count). The molecule has 0 bridgehead atoms. The second-order valence-electron chi connectivity index (χ2n) is 8.96. The minimum Gasteiger partial charge on any atom is -0.139 e. The Morgan fingerprint density at radius 2 is 1.52 bits per heavy atom. The van der Waals surface area contributed by atoms with Crippen molar-refractivity contribution in [3.05, 3.63) is 46.8 Å². The monoisotopic (exact) mass is 424 g/mol. The van der Waals surface area contributed by atoms with E-state index < -0.39 is 0 Å². The lowest BCUT2D eigenvalue weighted by atomic mass is 9.78. The third-order valence-electron chi connectivity index (χ3n) is 6.88. The van der Waals surface area contributed by atoms with Crippen molar-refractivity contribution in [3.8, 4) is 10.4 Å². The van der Waals surface area contributed by atoms with Gasteiger partial charge in [0, 0.05) is 19.2 Å². The first-order valence-corrected chi connectivity index (χ1v) is 13.5. The number of aryl methyl sites for hydroxylation is 1. The number of unbranched alkanes of at least 4 members (excludes halogenated alkanes) is 4. The van der Waals surface area contributed by atoms with Crippen LogP contribution in [-0.4, -0.2) is 0 Å². The summed E-state index contributed by atoms with van der Waals surface area (Å²) in [5, 5.41) is 0. The summed E-state index contributed by atoms with van der Waals surface area (Å²) >= 11 is 3.99. The van der Waals surface area contributed by atoms with Crippen LogP contribution in [0.2, 0.25) is 0 Å².